The minimum atomic E-state index is -0.785. The van der Waals surface area contributed by atoms with E-state index in [1.807, 2.05) is 0 Å². The van der Waals surface area contributed by atoms with Gasteiger partial charge < -0.3 is 19.8 Å². The molecule has 0 bridgehead atoms. The maximum Gasteiger partial charge on any atom is 0.337 e. The van der Waals surface area contributed by atoms with E-state index in [9.17, 15) is 14.4 Å². The number of benzene rings is 1. The monoisotopic (exact) mass is 330 g/mol. The third kappa shape index (κ3) is 4.70. The molecular weight excluding hydrogens is 312 g/mol. The van der Waals surface area contributed by atoms with Crippen LogP contribution in [0.15, 0.2) is 47.1 Å². The van der Waals surface area contributed by atoms with Crippen molar-refractivity contribution in [2.24, 2.45) is 0 Å². The molecule has 126 valence electrons. The minimum absolute atomic E-state index is 0.254. The Morgan fingerprint density at radius 1 is 1.12 bits per heavy atom. The maximum atomic E-state index is 11.9. The van der Waals surface area contributed by atoms with Crippen LogP contribution < -0.4 is 10.6 Å². The smallest absolute Gasteiger partial charge is 0.337 e. The molecule has 1 atom stereocenters. The number of furan rings is 1. The van der Waals surface area contributed by atoms with Gasteiger partial charge in [-0.15, -0.1) is 0 Å². The number of esters is 1. The molecule has 0 aliphatic carbocycles. The lowest BCUT2D eigenvalue weighted by Crippen LogP contribution is -2.41. The molecular formula is C17H18N2O5. The summed E-state index contributed by atoms with van der Waals surface area (Å²) in [6, 6.07) is 9.34. The highest BCUT2D eigenvalue weighted by molar-refractivity contribution is 6.39. The Bertz CT molecular complexity index is 707. The van der Waals surface area contributed by atoms with Gasteiger partial charge in [0.25, 0.3) is 0 Å². The number of hydrogen-bond donors (Lipinski definition) is 2. The van der Waals surface area contributed by atoms with Gasteiger partial charge in [-0.05, 0) is 43.3 Å². The summed E-state index contributed by atoms with van der Waals surface area (Å²) in [5.41, 5.74) is 0.758. The van der Waals surface area contributed by atoms with Gasteiger partial charge in [-0.3, -0.25) is 9.59 Å². The van der Waals surface area contributed by atoms with Crippen molar-refractivity contribution in [1.29, 1.82) is 0 Å². The Balaban J connectivity index is 1.86. The molecule has 2 N–H and O–H groups in total. The van der Waals surface area contributed by atoms with E-state index in [2.05, 4.69) is 15.4 Å². The van der Waals surface area contributed by atoms with Crippen LogP contribution in [0.1, 0.15) is 23.0 Å². The second-order valence-corrected chi connectivity index (χ2v) is 5.18. The molecule has 7 heteroatoms. The number of hydrogen-bond acceptors (Lipinski definition) is 5. The summed E-state index contributed by atoms with van der Waals surface area (Å²) in [5, 5.41) is 5.06. The van der Waals surface area contributed by atoms with Crippen LogP contribution in [-0.2, 0) is 20.7 Å². The molecule has 1 aromatic heterocycles. The summed E-state index contributed by atoms with van der Waals surface area (Å²) in [5.74, 6) is -1.28. The molecule has 0 aliphatic rings. The molecule has 2 rings (SSSR count). The molecule has 2 aromatic rings. The average Bonchev–Trinajstić information content (AvgIpc) is 3.07. The van der Waals surface area contributed by atoms with Crippen molar-refractivity contribution in [3.05, 3.63) is 54.0 Å². The van der Waals surface area contributed by atoms with E-state index in [0.29, 0.717) is 17.7 Å². The SMILES string of the molecule is COC(=O)c1ccc(NC(=O)C(=O)N[C@@H](C)Cc2ccco2)cc1. The molecule has 7 nitrogen and oxygen atoms in total. The van der Waals surface area contributed by atoms with Gasteiger partial charge in [0, 0.05) is 18.2 Å². The minimum Gasteiger partial charge on any atom is -0.469 e. The Kier molecular flexibility index (Phi) is 5.73. The lowest BCUT2D eigenvalue weighted by atomic mass is 10.2. The first-order valence-electron chi connectivity index (χ1n) is 7.32. The molecule has 0 fully saturated rings. The summed E-state index contributed by atoms with van der Waals surface area (Å²) in [6.45, 7) is 1.78. The third-order valence-corrected chi connectivity index (χ3v) is 3.24. The number of methoxy groups -OCH3 is 1. The van der Waals surface area contributed by atoms with Gasteiger partial charge in [0.1, 0.15) is 5.76 Å². The van der Waals surface area contributed by atoms with Crippen molar-refractivity contribution in [3.63, 3.8) is 0 Å². The summed E-state index contributed by atoms with van der Waals surface area (Å²) >= 11 is 0. The van der Waals surface area contributed by atoms with E-state index in [1.165, 1.54) is 31.4 Å². The molecule has 2 amide bonds. The van der Waals surface area contributed by atoms with Crippen LogP contribution in [0.5, 0.6) is 0 Å². The van der Waals surface area contributed by atoms with Gasteiger partial charge in [0.05, 0.1) is 18.9 Å². The zero-order chi connectivity index (χ0) is 17.5. The average molecular weight is 330 g/mol. The van der Waals surface area contributed by atoms with Gasteiger partial charge >= 0.3 is 17.8 Å². The van der Waals surface area contributed by atoms with E-state index in [1.54, 1.807) is 25.3 Å². The normalized spacial score (nSPS) is 11.4. The van der Waals surface area contributed by atoms with Crippen molar-refractivity contribution in [2.75, 3.05) is 12.4 Å². The zero-order valence-electron chi connectivity index (χ0n) is 13.4. The van der Waals surface area contributed by atoms with Gasteiger partial charge in [-0.1, -0.05) is 0 Å². The molecule has 0 spiro atoms. The van der Waals surface area contributed by atoms with Crippen LogP contribution in [0.25, 0.3) is 0 Å². The van der Waals surface area contributed by atoms with Crippen molar-refractivity contribution >= 4 is 23.5 Å². The van der Waals surface area contributed by atoms with Crippen molar-refractivity contribution in [2.45, 2.75) is 19.4 Å². The highest BCUT2D eigenvalue weighted by Crippen LogP contribution is 2.10. The van der Waals surface area contributed by atoms with Gasteiger partial charge in [0.2, 0.25) is 0 Å². The van der Waals surface area contributed by atoms with E-state index < -0.39 is 17.8 Å². The number of anilines is 1. The standard InChI is InChI=1S/C17H18N2O5/c1-11(10-14-4-3-9-24-14)18-15(20)16(21)19-13-7-5-12(6-8-13)17(22)23-2/h3-9,11H,10H2,1-2H3,(H,18,20)(H,19,21)/t11-/m0/s1. The first-order chi connectivity index (χ1) is 11.5. The van der Waals surface area contributed by atoms with E-state index in [-0.39, 0.29) is 6.04 Å². The van der Waals surface area contributed by atoms with Crippen LogP contribution in [0.2, 0.25) is 0 Å². The van der Waals surface area contributed by atoms with E-state index >= 15 is 0 Å². The van der Waals surface area contributed by atoms with Crippen molar-refractivity contribution in [1.82, 2.24) is 5.32 Å². The molecule has 0 saturated heterocycles. The summed E-state index contributed by atoms with van der Waals surface area (Å²) in [6.07, 6.45) is 2.04. The van der Waals surface area contributed by atoms with Crippen LogP contribution >= 0.6 is 0 Å². The number of carbonyl (C=O) groups excluding carboxylic acids is 3. The Hall–Kier alpha value is -3.09. The second kappa shape index (κ2) is 7.96. The van der Waals surface area contributed by atoms with Gasteiger partial charge in [-0.2, -0.15) is 0 Å². The largest absolute Gasteiger partial charge is 0.469 e. The second-order valence-electron chi connectivity index (χ2n) is 5.18. The van der Waals surface area contributed by atoms with Gasteiger partial charge in [0.15, 0.2) is 0 Å². The molecule has 1 heterocycles. The number of nitrogens with one attached hydrogen (secondary N) is 2. The molecule has 0 aliphatic heterocycles. The predicted molar refractivity (Wildman–Crippen MR) is 86.4 cm³/mol. The quantitative estimate of drug-likeness (QED) is 0.643. The van der Waals surface area contributed by atoms with Crippen LogP contribution in [0.3, 0.4) is 0 Å². The van der Waals surface area contributed by atoms with Crippen LogP contribution in [0.4, 0.5) is 5.69 Å². The fourth-order valence-corrected chi connectivity index (χ4v) is 2.07. The predicted octanol–water partition coefficient (Wildman–Crippen LogP) is 1.75. The highest BCUT2D eigenvalue weighted by Gasteiger charge is 2.17. The highest BCUT2D eigenvalue weighted by atomic mass is 16.5. The Labute approximate surface area is 139 Å². The third-order valence-electron chi connectivity index (χ3n) is 3.24. The van der Waals surface area contributed by atoms with E-state index in [0.717, 1.165) is 5.76 Å². The molecule has 24 heavy (non-hydrogen) atoms. The fourth-order valence-electron chi connectivity index (χ4n) is 2.07. The van der Waals surface area contributed by atoms with E-state index in [4.69, 9.17) is 4.42 Å². The molecule has 1 aromatic carbocycles. The lowest BCUT2D eigenvalue weighted by molar-refractivity contribution is -0.136. The summed E-state index contributed by atoms with van der Waals surface area (Å²) in [4.78, 5) is 35.1. The first kappa shape index (κ1) is 17.3. The van der Waals surface area contributed by atoms with Crippen molar-refractivity contribution in [3.8, 4) is 0 Å². The number of amides is 2. The summed E-state index contributed by atoms with van der Waals surface area (Å²) in [7, 11) is 1.28. The van der Waals surface area contributed by atoms with Crippen molar-refractivity contribution < 1.29 is 23.5 Å². The van der Waals surface area contributed by atoms with Gasteiger partial charge in [-0.25, -0.2) is 4.79 Å². The maximum absolute atomic E-state index is 11.9. The molecule has 0 radical (unpaired) electrons. The Morgan fingerprint density at radius 2 is 1.83 bits per heavy atom. The van der Waals surface area contributed by atoms with Crippen LogP contribution in [-0.4, -0.2) is 30.9 Å². The molecule has 0 saturated carbocycles. The summed E-state index contributed by atoms with van der Waals surface area (Å²) < 4.78 is 9.78. The number of ether oxygens (including phenoxy) is 1. The topological polar surface area (TPSA) is 97.6 Å². The molecule has 0 unspecified atom stereocenters. The first-order valence-corrected chi connectivity index (χ1v) is 7.32. The zero-order valence-corrected chi connectivity index (χ0v) is 13.4. The Morgan fingerprint density at radius 3 is 2.42 bits per heavy atom. The fraction of sp³-hybridized carbons (Fsp3) is 0.235. The van der Waals surface area contributed by atoms with Crippen LogP contribution in [0, 0.1) is 0 Å². The lowest BCUT2D eigenvalue weighted by Gasteiger charge is -2.12. The number of rotatable bonds is 5. The number of carbonyl (C=O) groups is 3.